The van der Waals surface area contributed by atoms with Gasteiger partial charge in [0.25, 0.3) is 0 Å². The molecule has 98 valence electrons. The van der Waals surface area contributed by atoms with E-state index < -0.39 is 23.1 Å². The molecule has 1 aliphatic carbocycles. The molecule has 1 heterocycles. The van der Waals surface area contributed by atoms with Crippen molar-refractivity contribution in [2.45, 2.75) is 30.9 Å². The van der Waals surface area contributed by atoms with Gasteiger partial charge in [-0.15, -0.1) is 0 Å². The summed E-state index contributed by atoms with van der Waals surface area (Å²) in [5.74, 6) is -4.00. The summed E-state index contributed by atoms with van der Waals surface area (Å²) in [6.45, 7) is 0.958. The van der Waals surface area contributed by atoms with Gasteiger partial charge in [-0.05, 0) is 25.3 Å². The minimum absolute atomic E-state index is 0.135. The van der Waals surface area contributed by atoms with Crippen molar-refractivity contribution in [1.29, 1.82) is 0 Å². The molecule has 1 atom stereocenters. The summed E-state index contributed by atoms with van der Waals surface area (Å²) < 4.78 is 39.8. The van der Waals surface area contributed by atoms with Crippen LogP contribution in [0.3, 0.4) is 0 Å². The molecule has 3 rings (SSSR count). The van der Waals surface area contributed by atoms with E-state index >= 15 is 0 Å². The zero-order valence-electron chi connectivity index (χ0n) is 9.80. The first-order chi connectivity index (χ1) is 8.51. The number of likely N-dealkylation sites (tertiary alicyclic amines) is 1. The van der Waals surface area contributed by atoms with E-state index in [1.165, 1.54) is 0 Å². The molecule has 1 unspecified atom stereocenters. The molecule has 2 nitrogen and oxygen atoms in total. The van der Waals surface area contributed by atoms with Crippen LogP contribution in [0.1, 0.15) is 24.8 Å². The van der Waals surface area contributed by atoms with E-state index in [1.54, 1.807) is 0 Å². The van der Waals surface area contributed by atoms with Crippen LogP contribution in [-0.4, -0.2) is 29.1 Å². The first kappa shape index (κ1) is 12.0. The second kappa shape index (κ2) is 3.96. The minimum Gasteiger partial charge on any atom is -0.384 e. The average Bonchev–Trinajstić information content (AvgIpc) is 3.10. The summed E-state index contributed by atoms with van der Waals surface area (Å²) in [7, 11) is 0. The molecule has 2 aliphatic rings. The van der Waals surface area contributed by atoms with Crippen LogP contribution in [0.15, 0.2) is 12.1 Å². The number of rotatable bonds is 2. The third-order valence-corrected chi connectivity index (χ3v) is 3.88. The highest BCUT2D eigenvalue weighted by Gasteiger charge is 2.44. The SMILES string of the molecule is OC1(c2ccc(F)c(F)c2F)CCN(C2CC2)C1. The monoisotopic (exact) mass is 257 g/mol. The predicted octanol–water partition coefficient (Wildman–Crippen LogP) is 2.16. The Morgan fingerprint density at radius 2 is 1.89 bits per heavy atom. The number of nitrogens with zero attached hydrogens (tertiary/aromatic N) is 1. The third kappa shape index (κ3) is 1.82. The molecule has 0 bridgehead atoms. The lowest BCUT2D eigenvalue weighted by molar-refractivity contribution is 0.0407. The first-order valence-electron chi connectivity index (χ1n) is 6.12. The number of benzene rings is 1. The predicted molar refractivity (Wildman–Crippen MR) is 59.4 cm³/mol. The zero-order chi connectivity index (χ0) is 12.9. The number of hydrogen-bond donors (Lipinski definition) is 1. The van der Waals surface area contributed by atoms with Gasteiger partial charge in [0.05, 0.1) is 0 Å². The van der Waals surface area contributed by atoms with Crippen LogP contribution in [0.4, 0.5) is 13.2 Å². The summed E-state index contributed by atoms with van der Waals surface area (Å²) in [6.07, 6.45) is 2.54. The maximum absolute atomic E-state index is 13.7. The van der Waals surface area contributed by atoms with E-state index in [9.17, 15) is 18.3 Å². The van der Waals surface area contributed by atoms with Crippen molar-refractivity contribution in [2.24, 2.45) is 0 Å². The van der Waals surface area contributed by atoms with Gasteiger partial charge in [-0.25, -0.2) is 13.2 Å². The fourth-order valence-electron chi connectivity index (χ4n) is 2.68. The third-order valence-electron chi connectivity index (χ3n) is 3.88. The quantitative estimate of drug-likeness (QED) is 0.821. The largest absolute Gasteiger partial charge is 0.384 e. The lowest BCUT2D eigenvalue weighted by Gasteiger charge is -2.24. The van der Waals surface area contributed by atoms with Gasteiger partial charge in [-0.2, -0.15) is 0 Å². The van der Waals surface area contributed by atoms with E-state index in [1.807, 2.05) is 0 Å². The van der Waals surface area contributed by atoms with Crippen molar-refractivity contribution in [2.75, 3.05) is 13.1 Å². The zero-order valence-corrected chi connectivity index (χ0v) is 9.80. The van der Waals surface area contributed by atoms with E-state index in [-0.39, 0.29) is 5.56 Å². The molecule has 0 amide bonds. The molecule has 1 aromatic rings. The Labute approximate surface area is 103 Å². The van der Waals surface area contributed by atoms with Crippen LogP contribution in [0.25, 0.3) is 0 Å². The summed E-state index contributed by atoms with van der Waals surface area (Å²) in [6, 6.07) is 2.47. The van der Waals surface area contributed by atoms with Crippen LogP contribution in [0.2, 0.25) is 0 Å². The summed E-state index contributed by atoms with van der Waals surface area (Å²) in [4.78, 5) is 2.08. The molecule has 5 heteroatoms. The molecular weight excluding hydrogens is 243 g/mol. The van der Waals surface area contributed by atoms with Crippen molar-refractivity contribution in [1.82, 2.24) is 4.90 Å². The second-order valence-electron chi connectivity index (χ2n) is 5.21. The van der Waals surface area contributed by atoms with Crippen molar-refractivity contribution < 1.29 is 18.3 Å². The van der Waals surface area contributed by atoms with Crippen LogP contribution >= 0.6 is 0 Å². The maximum Gasteiger partial charge on any atom is 0.194 e. The summed E-state index contributed by atoms with van der Waals surface area (Å²) >= 11 is 0. The Balaban J connectivity index is 1.92. The molecule has 1 N–H and O–H groups in total. The normalized spacial score (nSPS) is 28.9. The van der Waals surface area contributed by atoms with Crippen LogP contribution in [0.5, 0.6) is 0 Å². The smallest absolute Gasteiger partial charge is 0.194 e. The summed E-state index contributed by atoms with van der Waals surface area (Å²) in [5, 5.41) is 10.4. The van der Waals surface area contributed by atoms with Gasteiger partial charge >= 0.3 is 0 Å². The number of hydrogen-bond acceptors (Lipinski definition) is 2. The van der Waals surface area contributed by atoms with Gasteiger partial charge < -0.3 is 5.11 Å². The van der Waals surface area contributed by atoms with Crippen LogP contribution < -0.4 is 0 Å². The number of β-amino-alcohol motifs (C(OH)–C–C–N with tert-alkyl or cyclic N) is 1. The lowest BCUT2D eigenvalue weighted by Crippen LogP contribution is -2.33. The highest BCUT2D eigenvalue weighted by atomic mass is 19.2. The first-order valence-corrected chi connectivity index (χ1v) is 6.12. The fourth-order valence-corrected chi connectivity index (χ4v) is 2.68. The van der Waals surface area contributed by atoms with E-state index in [2.05, 4.69) is 4.90 Å². The number of halogens is 3. The molecular formula is C13H14F3NO. The summed E-state index contributed by atoms with van der Waals surface area (Å²) in [5.41, 5.74) is -1.54. The van der Waals surface area contributed by atoms with E-state index in [0.29, 0.717) is 25.6 Å². The minimum atomic E-state index is -1.51. The standard InChI is InChI=1S/C13H14F3NO/c14-10-4-3-9(11(15)12(10)16)13(18)5-6-17(7-13)8-1-2-8/h3-4,8,18H,1-2,5-7H2. The van der Waals surface area contributed by atoms with E-state index in [0.717, 1.165) is 25.0 Å². The molecule has 0 radical (unpaired) electrons. The maximum atomic E-state index is 13.7. The molecule has 1 aromatic carbocycles. The Morgan fingerprint density at radius 3 is 2.56 bits per heavy atom. The number of aliphatic hydroxyl groups is 1. The van der Waals surface area contributed by atoms with Gasteiger partial charge in [-0.1, -0.05) is 6.07 Å². The highest BCUT2D eigenvalue weighted by Crippen LogP contribution is 2.39. The van der Waals surface area contributed by atoms with Crippen molar-refractivity contribution in [3.05, 3.63) is 35.1 Å². The Hall–Kier alpha value is -1.07. The van der Waals surface area contributed by atoms with E-state index in [4.69, 9.17) is 0 Å². The topological polar surface area (TPSA) is 23.5 Å². The molecule has 0 aromatic heterocycles. The Morgan fingerprint density at radius 1 is 1.17 bits per heavy atom. The Kier molecular flexibility index (Phi) is 2.64. The lowest BCUT2D eigenvalue weighted by atomic mass is 9.92. The molecule has 2 fully saturated rings. The molecule has 1 saturated heterocycles. The van der Waals surface area contributed by atoms with Crippen molar-refractivity contribution in [3.63, 3.8) is 0 Å². The van der Waals surface area contributed by atoms with Crippen molar-refractivity contribution >= 4 is 0 Å². The molecule has 18 heavy (non-hydrogen) atoms. The average molecular weight is 257 g/mol. The molecule has 0 spiro atoms. The van der Waals surface area contributed by atoms with Gasteiger partial charge in [0.15, 0.2) is 17.5 Å². The van der Waals surface area contributed by atoms with Gasteiger partial charge in [-0.3, -0.25) is 4.90 Å². The second-order valence-corrected chi connectivity index (χ2v) is 5.21. The van der Waals surface area contributed by atoms with Gasteiger partial charge in [0.2, 0.25) is 0 Å². The van der Waals surface area contributed by atoms with Crippen LogP contribution in [0, 0.1) is 17.5 Å². The van der Waals surface area contributed by atoms with Gasteiger partial charge in [0, 0.05) is 24.7 Å². The molecule has 1 aliphatic heterocycles. The van der Waals surface area contributed by atoms with Crippen LogP contribution in [-0.2, 0) is 5.60 Å². The van der Waals surface area contributed by atoms with Gasteiger partial charge in [0.1, 0.15) is 5.60 Å². The molecule has 1 saturated carbocycles. The van der Waals surface area contributed by atoms with Crippen molar-refractivity contribution in [3.8, 4) is 0 Å². The Bertz CT molecular complexity index is 489. The fraction of sp³-hybridized carbons (Fsp3) is 0.538. The highest BCUT2D eigenvalue weighted by molar-refractivity contribution is 5.28.